The van der Waals surface area contributed by atoms with Crippen LogP contribution in [0.5, 0.6) is 0 Å². The highest BCUT2D eigenvalue weighted by Crippen LogP contribution is 2.27. The van der Waals surface area contributed by atoms with E-state index in [0.29, 0.717) is 17.6 Å². The van der Waals surface area contributed by atoms with Crippen LogP contribution in [-0.4, -0.2) is 53.8 Å². The number of hydrogen-bond donors (Lipinski definition) is 2. The molecule has 204 valence electrons. The number of aryl methyl sites for hydroxylation is 2. The maximum Gasteiger partial charge on any atom is 0.293 e. The average molecular weight is 551 g/mol. The molecule has 0 bridgehead atoms. The van der Waals surface area contributed by atoms with Crippen LogP contribution >= 0.6 is 0 Å². The van der Waals surface area contributed by atoms with Gasteiger partial charge < -0.3 is 10.1 Å². The third kappa shape index (κ3) is 10.0. The molecule has 0 saturated carbocycles. The summed E-state index contributed by atoms with van der Waals surface area (Å²) in [6.45, 7) is 11.2. The van der Waals surface area contributed by atoms with E-state index in [2.05, 4.69) is 14.8 Å². The Balaban J connectivity index is 0.000000604. The van der Waals surface area contributed by atoms with Crippen molar-refractivity contribution in [1.29, 1.82) is 0 Å². The number of benzene rings is 2. The second kappa shape index (κ2) is 13.3. The quantitative estimate of drug-likeness (QED) is 0.480. The van der Waals surface area contributed by atoms with Crippen LogP contribution in [0.2, 0.25) is 0 Å². The summed E-state index contributed by atoms with van der Waals surface area (Å²) in [6, 6.07) is 11.7. The number of carbonyl (C=O) groups excluding carboxylic acids is 1. The van der Waals surface area contributed by atoms with Crippen molar-refractivity contribution in [1.82, 2.24) is 10.0 Å². The highest BCUT2D eigenvalue weighted by molar-refractivity contribution is 7.91. The number of sulfonamides is 1. The summed E-state index contributed by atoms with van der Waals surface area (Å²) in [5.74, 6) is -0.148. The lowest BCUT2D eigenvalue weighted by atomic mass is 10.1. The van der Waals surface area contributed by atoms with Crippen LogP contribution in [0, 0.1) is 13.8 Å². The van der Waals surface area contributed by atoms with Crippen molar-refractivity contribution in [2.24, 2.45) is 0 Å². The zero-order valence-corrected chi connectivity index (χ0v) is 23.8. The Bertz CT molecular complexity index is 1280. The molecule has 0 atom stereocenters. The van der Waals surface area contributed by atoms with Gasteiger partial charge in [0.15, 0.2) is 0 Å². The van der Waals surface area contributed by atoms with E-state index in [0.717, 1.165) is 31.5 Å². The van der Waals surface area contributed by atoms with Crippen LogP contribution < -0.4 is 10.0 Å². The number of rotatable bonds is 8. The predicted molar refractivity (Wildman–Crippen MR) is 147 cm³/mol. The average Bonchev–Trinajstić information content (AvgIpc) is 2.81. The Kier molecular flexibility index (Phi) is 11.0. The van der Waals surface area contributed by atoms with E-state index < -0.39 is 19.9 Å². The molecular formula is C27H38N2O6S2. The minimum Gasteiger partial charge on any atom is -0.462 e. The molecule has 1 saturated heterocycles. The molecule has 0 amide bonds. The molecule has 2 N–H and O–H groups in total. The molecule has 10 heteroatoms. The maximum absolute atomic E-state index is 13.0. The minimum absolute atomic E-state index is 0.0339. The summed E-state index contributed by atoms with van der Waals surface area (Å²) in [5, 5.41) is 3.21. The first-order chi connectivity index (χ1) is 17.2. The van der Waals surface area contributed by atoms with Gasteiger partial charge >= 0.3 is 0 Å². The predicted octanol–water partition coefficient (Wildman–Crippen LogP) is 3.78. The van der Waals surface area contributed by atoms with Gasteiger partial charge in [0.25, 0.3) is 6.47 Å². The van der Waals surface area contributed by atoms with E-state index in [-0.39, 0.29) is 27.2 Å². The highest BCUT2D eigenvalue weighted by Gasteiger charge is 2.21. The van der Waals surface area contributed by atoms with Crippen molar-refractivity contribution in [3.05, 3.63) is 65.2 Å². The van der Waals surface area contributed by atoms with Gasteiger partial charge in [-0.15, -0.1) is 0 Å². The van der Waals surface area contributed by atoms with E-state index in [9.17, 15) is 21.6 Å². The van der Waals surface area contributed by atoms with Gasteiger partial charge in [0.1, 0.15) is 5.60 Å². The fraction of sp³-hybridized carbons (Fsp3) is 0.444. The van der Waals surface area contributed by atoms with Crippen LogP contribution in [0.25, 0.3) is 6.08 Å². The zero-order valence-electron chi connectivity index (χ0n) is 22.2. The number of hydrogen-bond acceptors (Lipinski definition) is 7. The van der Waals surface area contributed by atoms with Crippen molar-refractivity contribution < 1.29 is 26.4 Å². The van der Waals surface area contributed by atoms with E-state index in [1.807, 2.05) is 33.8 Å². The second-order valence-electron chi connectivity index (χ2n) is 9.94. The van der Waals surface area contributed by atoms with Crippen molar-refractivity contribution in [2.45, 2.75) is 68.9 Å². The van der Waals surface area contributed by atoms with E-state index >= 15 is 0 Å². The van der Waals surface area contributed by atoms with Crippen LogP contribution in [0.15, 0.2) is 58.3 Å². The lowest BCUT2D eigenvalue weighted by Crippen LogP contribution is -2.43. The van der Waals surface area contributed by atoms with Gasteiger partial charge in [-0.2, -0.15) is 0 Å². The lowest BCUT2D eigenvalue weighted by Gasteiger charge is -2.23. The summed E-state index contributed by atoms with van der Waals surface area (Å²) in [5.41, 5.74) is 1.92. The number of ether oxygens (including phenoxy) is 1. The molecule has 1 heterocycles. The summed E-state index contributed by atoms with van der Waals surface area (Å²) in [7, 11) is -7.09. The SMILES string of the molecule is CC(C)(C)OC=O.Cc1cc(C)c(S(=O)(=O)c2ccccc2)cc1C=CCS(=O)(=O)NC1CCNCC1. The van der Waals surface area contributed by atoms with Crippen LogP contribution in [0.3, 0.4) is 0 Å². The summed E-state index contributed by atoms with van der Waals surface area (Å²) < 4.78 is 58.1. The van der Waals surface area contributed by atoms with Crippen LogP contribution in [0.1, 0.15) is 50.3 Å². The molecule has 1 fully saturated rings. The normalized spacial score (nSPS) is 15.2. The van der Waals surface area contributed by atoms with Crippen molar-refractivity contribution in [2.75, 3.05) is 18.8 Å². The van der Waals surface area contributed by atoms with E-state index in [4.69, 9.17) is 0 Å². The Morgan fingerprint density at radius 1 is 1.00 bits per heavy atom. The summed E-state index contributed by atoms with van der Waals surface area (Å²) in [4.78, 5) is 10.1. The summed E-state index contributed by atoms with van der Waals surface area (Å²) in [6.07, 6.45) is 4.81. The van der Waals surface area contributed by atoms with Crippen molar-refractivity contribution in [3.8, 4) is 0 Å². The molecule has 0 unspecified atom stereocenters. The minimum atomic E-state index is -3.65. The summed E-state index contributed by atoms with van der Waals surface area (Å²) >= 11 is 0. The van der Waals surface area contributed by atoms with Gasteiger partial charge in [0, 0.05) is 6.04 Å². The van der Waals surface area contributed by atoms with E-state index in [1.165, 1.54) is 0 Å². The Morgan fingerprint density at radius 2 is 1.62 bits per heavy atom. The Labute approximate surface area is 221 Å². The Morgan fingerprint density at radius 3 is 2.16 bits per heavy atom. The van der Waals surface area contributed by atoms with Gasteiger partial charge in [-0.1, -0.05) is 36.4 Å². The molecule has 2 aromatic rings. The monoisotopic (exact) mass is 550 g/mol. The molecule has 0 radical (unpaired) electrons. The largest absolute Gasteiger partial charge is 0.462 e. The van der Waals surface area contributed by atoms with Gasteiger partial charge in [-0.25, -0.2) is 21.6 Å². The molecule has 0 aromatic heterocycles. The zero-order chi connectivity index (χ0) is 27.7. The molecule has 0 spiro atoms. The molecular weight excluding hydrogens is 512 g/mol. The fourth-order valence-electron chi connectivity index (χ4n) is 3.73. The fourth-order valence-corrected chi connectivity index (χ4v) is 6.46. The van der Waals surface area contributed by atoms with Crippen molar-refractivity contribution >= 4 is 32.4 Å². The van der Waals surface area contributed by atoms with E-state index in [1.54, 1.807) is 55.5 Å². The van der Waals surface area contributed by atoms with Gasteiger partial charge in [-0.3, -0.25) is 4.79 Å². The topological polar surface area (TPSA) is 119 Å². The number of sulfone groups is 1. The molecule has 1 aliphatic heterocycles. The first-order valence-corrected chi connectivity index (χ1v) is 15.3. The molecule has 37 heavy (non-hydrogen) atoms. The Hall–Kier alpha value is -2.53. The third-order valence-corrected chi connectivity index (χ3v) is 8.84. The number of carbonyl (C=O) groups is 1. The third-order valence-electron chi connectivity index (χ3n) is 5.61. The molecule has 2 aromatic carbocycles. The lowest BCUT2D eigenvalue weighted by molar-refractivity contribution is -0.138. The highest BCUT2D eigenvalue weighted by atomic mass is 32.2. The first kappa shape index (κ1) is 30.7. The number of piperidine rings is 1. The van der Waals surface area contributed by atoms with Gasteiger partial charge in [-0.05, 0) is 95.4 Å². The molecule has 3 rings (SSSR count). The van der Waals surface area contributed by atoms with Crippen molar-refractivity contribution in [3.63, 3.8) is 0 Å². The van der Waals surface area contributed by atoms with Crippen LogP contribution in [-0.2, 0) is 29.4 Å². The number of nitrogens with one attached hydrogen (secondary N) is 2. The van der Waals surface area contributed by atoms with Gasteiger partial charge in [0.2, 0.25) is 19.9 Å². The molecule has 1 aliphatic rings. The van der Waals surface area contributed by atoms with Crippen LogP contribution in [0.4, 0.5) is 0 Å². The maximum atomic E-state index is 13.0. The van der Waals surface area contributed by atoms with Gasteiger partial charge in [0.05, 0.1) is 15.5 Å². The smallest absolute Gasteiger partial charge is 0.293 e. The first-order valence-electron chi connectivity index (χ1n) is 12.2. The second-order valence-corrected chi connectivity index (χ2v) is 13.7. The molecule has 0 aliphatic carbocycles. The standard InChI is InChI=1S/C22H28N2O4S2.C5H10O2/c1-17-15-18(2)22(30(27,28)21-8-4-3-5-9-21)16-19(17)7-6-14-29(25,26)24-20-10-12-23-13-11-20;1-5(2,3)7-4-6/h3-9,15-16,20,23-24H,10-14H2,1-2H3;4H,1-3H3. The molecule has 8 nitrogen and oxygen atoms in total.